The molecule has 1 aliphatic rings. The van der Waals surface area contributed by atoms with Crippen molar-refractivity contribution in [3.05, 3.63) is 88.4 Å². The minimum Gasteiger partial charge on any atom is -0.368 e. The van der Waals surface area contributed by atoms with Crippen molar-refractivity contribution < 1.29 is 13.2 Å². The van der Waals surface area contributed by atoms with Crippen LogP contribution in [0.2, 0.25) is 10.0 Å². The van der Waals surface area contributed by atoms with Crippen LogP contribution in [0.3, 0.4) is 0 Å². The van der Waals surface area contributed by atoms with Crippen LogP contribution < -0.4 is 9.21 Å². The van der Waals surface area contributed by atoms with Gasteiger partial charge in [0.25, 0.3) is 10.0 Å². The molecule has 1 saturated heterocycles. The van der Waals surface area contributed by atoms with E-state index in [-0.39, 0.29) is 17.3 Å². The van der Waals surface area contributed by atoms with E-state index in [0.717, 1.165) is 9.99 Å². The van der Waals surface area contributed by atoms with Crippen molar-refractivity contribution >= 4 is 50.5 Å². The van der Waals surface area contributed by atoms with Gasteiger partial charge in [-0.2, -0.15) is 0 Å². The maximum absolute atomic E-state index is 13.6. The number of amides is 1. The van der Waals surface area contributed by atoms with E-state index in [9.17, 15) is 13.2 Å². The number of piperazine rings is 1. The molecule has 0 unspecified atom stereocenters. The van der Waals surface area contributed by atoms with Crippen LogP contribution in [0.25, 0.3) is 0 Å². The largest absolute Gasteiger partial charge is 0.368 e. The summed E-state index contributed by atoms with van der Waals surface area (Å²) in [5, 5.41) is 1.06. The Hall–Kier alpha value is -2.74. The predicted molar refractivity (Wildman–Crippen MR) is 137 cm³/mol. The topological polar surface area (TPSA) is 60.9 Å². The summed E-state index contributed by atoms with van der Waals surface area (Å²) >= 11 is 12.3. The van der Waals surface area contributed by atoms with Gasteiger partial charge in [0.1, 0.15) is 6.54 Å². The van der Waals surface area contributed by atoms with Crippen molar-refractivity contribution in [2.75, 3.05) is 41.9 Å². The molecule has 1 aliphatic heterocycles. The smallest absolute Gasteiger partial charge is 0.264 e. The normalized spacial score (nSPS) is 14.2. The molecule has 3 aromatic carbocycles. The Balaban J connectivity index is 1.56. The van der Waals surface area contributed by atoms with Crippen LogP contribution >= 0.6 is 23.2 Å². The van der Waals surface area contributed by atoms with Gasteiger partial charge in [0.2, 0.25) is 5.91 Å². The lowest BCUT2D eigenvalue weighted by molar-refractivity contribution is -0.129. The molecular weight excluding hydrogens is 493 g/mol. The van der Waals surface area contributed by atoms with Gasteiger partial charge in [0.05, 0.1) is 10.6 Å². The third kappa shape index (κ3) is 5.32. The van der Waals surface area contributed by atoms with E-state index in [1.54, 1.807) is 48.2 Å². The summed E-state index contributed by atoms with van der Waals surface area (Å²) in [6, 6.07) is 20.8. The van der Waals surface area contributed by atoms with Crippen molar-refractivity contribution in [2.45, 2.75) is 11.8 Å². The third-order valence-electron chi connectivity index (χ3n) is 5.86. The second-order valence-electron chi connectivity index (χ2n) is 8.10. The Morgan fingerprint density at radius 1 is 0.882 bits per heavy atom. The molecule has 0 N–H and O–H groups in total. The molecule has 0 atom stereocenters. The molecule has 0 aliphatic carbocycles. The molecule has 3 aromatic rings. The summed E-state index contributed by atoms with van der Waals surface area (Å²) in [4.78, 5) is 17.3. The average molecular weight is 518 g/mol. The summed E-state index contributed by atoms with van der Waals surface area (Å²) in [6.07, 6.45) is 0. The fourth-order valence-electron chi connectivity index (χ4n) is 3.98. The number of hydrogen-bond acceptors (Lipinski definition) is 4. The zero-order valence-corrected chi connectivity index (χ0v) is 21.0. The lowest BCUT2D eigenvalue weighted by Crippen LogP contribution is -2.52. The van der Waals surface area contributed by atoms with E-state index in [0.29, 0.717) is 47.5 Å². The number of carbonyl (C=O) groups excluding carboxylic acids is 1. The number of aryl methyl sites for hydroxylation is 1. The number of halogens is 2. The average Bonchev–Trinajstić information content (AvgIpc) is 2.84. The Morgan fingerprint density at radius 3 is 2.24 bits per heavy atom. The van der Waals surface area contributed by atoms with E-state index >= 15 is 0 Å². The van der Waals surface area contributed by atoms with Crippen molar-refractivity contribution in [2.24, 2.45) is 0 Å². The molecule has 9 heteroatoms. The number of hydrogen-bond donors (Lipinski definition) is 0. The first-order valence-corrected chi connectivity index (χ1v) is 13.1. The number of rotatable bonds is 6. The summed E-state index contributed by atoms with van der Waals surface area (Å²) in [7, 11) is -3.98. The number of nitrogens with zero attached hydrogens (tertiary/aromatic N) is 3. The number of sulfonamides is 1. The van der Waals surface area contributed by atoms with E-state index in [1.807, 2.05) is 24.3 Å². The van der Waals surface area contributed by atoms with Crippen LogP contribution in [0.1, 0.15) is 5.56 Å². The van der Waals surface area contributed by atoms with Gasteiger partial charge < -0.3 is 9.80 Å². The van der Waals surface area contributed by atoms with Gasteiger partial charge in [-0.3, -0.25) is 9.10 Å². The highest BCUT2D eigenvalue weighted by molar-refractivity contribution is 7.92. The van der Waals surface area contributed by atoms with E-state index in [1.165, 1.54) is 12.1 Å². The van der Waals surface area contributed by atoms with Gasteiger partial charge in [-0.1, -0.05) is 53.5 Å². The highest BCUT2D eigenvalue weighted by atomic mass is 35.5. The lowest BCUT2D eigenvalue weighted by atomic mass is 10.2. The summed E-state index contributed by atoms with van der Waals surface area (Å²) in [5.74, 6) is -0.260. The van der Waals surface area contributed by atoms with Gasteiger partial charge in [-0.25, -0.2) is 8.42 Å². The Kier molecular flexibility index (Phi) is 7.36. The van der Waals surface area contributed by atoms with E-state index in [2.05, 4.69) is 4.90 Å². The highest BCUT2D eigenvalue weighted by Gasteiger charge is 2.31. The minimum absolute atomic E-state index is 0.118. The number of benzene rings is 3. The molecular formula is C25H25Cl2N3O3S. The van der Waals surface area contributed by atoms with Crippen LogP contribution in [-0.2, 0) is 14.8 Å². The first kappa shape index (κ1) is 24.4. The lowest BCUT2D eigenvalue weighted by Gasteiger charge is -2.37. The zero-order valence-electron chi connectivity index (χ0n) is 18.7. The molecule has 1 heterocycles. The maximum Gasteiger partial charge on any atom is 0.264 e. The van der Waals surface area contributed by atoms with Crippen molar-refractivity contribution in [3.63, 3.8) is 0 Å². The van der Waals surface area contributed by atoms with Crippen LogP contribution in [0.5, 0.6) is 0 Å². The first-order valence-electron chi connectivity index (χ1n) is 10.9. The minimum atomic E-state index is -3.98. The number of carbonyl (C=O) groups is 1. The van der Waals surface area contributed by atoms with E-state index in [4.69, 9.17) is 23.2 Å². The van der Waals surface area contributed by atoms with Gasteiger partial charge in [0.15, 0.2) is 0 Å². The van der Waals surface area contributed by atoms with Crippen LogP contribution in [0, 0.1) is 6.92 Å². The molecule has 178 valence electrons. The SMILES string of the molecule is Cc1ccc(Cl)cc1N(CC(=O)N1CCN(c2cccc(Cl)c2)CC1)S(=O)(=O)c1ccccc1. The molecule has 1 amide bonds. The second kappa shape index (κ2) is 10.3. The van der Waals surface area contributed by atoms with Gasteiger partial charge in [-0.05, 0) is 55.0 Å². The molecule has 6 nitrogen and oxygen atoms in total. The van der Waals surface area contributed by atoms with Crippen LogP contribution in [-0.4, -0.2) is 51.9 Å². The standard InChI is InChI=1S/C25H25Cl2N3O3S/c1-19-10-11-21(27)17-24(19)30(34(32,33)23-8-3-2-4-9-23)18-25(31)29-14-12-28(13-15-29)22-7-5-6-20(26)16-22/h2-11,16-17H,12-15,18H2,1H3. The van der Waals surface area contributed by atoms with Crippen LogP contribution in [0.4, 0.5) is 11.4 Å². The summed E-state index contributed by atoms with van der Waals surface area (Å²) in [6.45, 7) is 3.72. The quantitative estimate of drug-likeness (QED) is 0.469. The fraction of sp³-hybridized carbons (Fsp3) is 0.240. The Labute approximate surface area is 210 Å². The van der Waals surface area contributed by atoms with Crippen molar-refractivity contribution in [1.82, 2.24) is 4.90 Å². The Morgan fingerprint density at radius 2 is 1.56 bits per heavy atom. The second-order valence-corrected chi connectivity index (χ2v) is 10.8. The highest BCUT2D eigenvalue weighted by Crippen LogP contribution is 2.30. The van der Waals surface area contributed by atoms with Gasteiger partial charge in [-0.15, -0.1) is 0 Å². The monoisotopic (exact) mass is 517 g/mol. The van der Waals surface area contributed by atoms with E-state index < -0.39 is 10.0 Å². The molecule has 4 rings (SSSR count). The molecule has 0 saturated carbocycles. The molecule has 0 bridgehead atoms. The summed E-state index contributed by atoms with van der Waals surface area (Å²) < 4.78 is 28.3. The van der Waals surface area contributed by atoms with Gasteiger partial charge >= 0.3 is 0 Å². The molecule has 34 heavy (non-hydrogen) atoms. The van der Waals surface area contributed by atoms with Crippen molar-refractivity contribution in [3.8, 4) is 0 Å². The molecule has 0 spiro atoms. The number of anilines is 2. The zero-order chi connectivity index (χ0) is 24.3. The molecule has 0 radical (unpaired) electrons. The molecule has 0 aromatic heterocycles. The third-order valence-corrected chi connectivity index (χ3v) is 8.10. The molecule has 1 fully saturated rings. The fourth-order valence-corrected chi connectivity index (χ4v) is 5.82. The van der Waals surface area contributed by atoms with Crippen molar-refractivity contribution in [1.29, 1.82) is 0 Å². The maximum atomic E-state index is 13.6. The van der Waals surface area contributed by atoms with Crippen LogP contribution in [0.15, 0.2) is 77.7 Å². The predicted octanol–water partition coefficient (Wildman–Crippen LogP) is 4.85. The first-order chi connectivity index (χ1) is 16.3. The summed E-state index contributed by atoms with van der Waals surface area (Å²) in [5.41, 5.74) is 2.10. The van der Waals surface area contributed by atoms with Gasteiger partial charge in [0, 0.05) is 41.9 Å². The Bertz CT molecular complexity index is 1280.